The predicted octanol–water partition coefficient (Wildman–Crippen LogP) is 12.8. The lowest BCUT2D eigenvalue weighted by Crippen LogP contribution is -2.00. The van der Waals surface area contributed by atoms with Crippen LogP contribution in [0.1, 0.15) is 19.5 Å². The number of para-hydroxylation sites is 3. The van der Waals surface area contributed by atoms with Gasteiger partial charge in [0.05, 0.1) is 11.0 Å². The van der Waals surface area contributed by atoms with Gasteiger partial charge in [0.25, 0.3) is 0 Å². The molecule has 10 aromatic rings. The minimum Gasteiger partial charge on any atom is -0.456 e. The van der Waals surface area contributed by atoms with Crippen molar-refractivity contribution < 1.29 is 11.3 Å². The Hall–Kier alpha value is -6.45. The van der Waals surface area contributed by atoms with Crippen LogP contribution in [-0.4, -0.2) is 9.55 Å². The number of benzene rings is 8. The zero-order chi connectivity index (χ0) is 37.5. The fourth-order valence-electron chi connectivity index (χ4n) is 7.76. The number of rotatable bonds is 5. The van der Waals surface area contributed by atoms with Crippen LogP contribution in [0, 0.1) is 0 Å². The van der Waals surface area contributed by atoms with Crippen LogP contribution >= 0.6 is 0 Å². The normalized spacial score (nSPS) is 13.8. The molecule has 0 amide bonds. The lowest BCUT2D eigenvalue weighted by molar-refractivity contribution is 0.669. The van der Waals surface area contributed by atoms with Crippen LogP contribution in [0.2, 0.25) is 0 Å². The van der Waals surface area contributed by atoms with Gasteiger partial charge in [-0.1, -0.05) is 128 Å². The highest BCUT2D eigenvalue weighted by Crippen LogP contribution is 2.47. The average Bonchev–Trinajstić information content (AvgIpc) is 3.79. The molecule has 0 aliphatic heterocycles. The number of hydrogen-bond acceptors (Lipinski definition) is 2. The van der Waals surface area contributed by atoms with E-state index in [1.165, 1.54) is 0 Å². The fraction of sp³-hybridized carbons (Fsp3) is 0.0426. The minimum atomic E-state index is -2.92. The van der Waals surface area contributed by atoms with E-state index in [1.807, 2.05) is 60.7 Å². The lowest BCUT2D eigenvalue weighted by Gasteiger charge is -2.19. The number of imidazole rings is 1. The van der Waals surface area contributed by atoms with Crippen LogP contribution in [0.5, 0.6) is 0 Å². The average molecular weight is 646 g/mol. The molecule has 2 aromatic heterocycles. The molecule has 3 heteroatoms. The Bertz CT molecular complexity index is 3080. The standard InChI is InChI=1S/C47H32N2O/c1-2-44-48-40-24-8-9-25-41(40)49(44)33-17-12-15-31(29-33)30-14-11-16-32(28-30)45-34-18-3-5-20-36(34)46(37-21-6-4-19-35(37)45)39-23-13-27-43-47(39)38-22-7-10-26-42(38)50-43/h3-29H,2H2,1H3/i1D3,2D2. The molecular weight excluding hydrogens is 609 g/mol. The highest BCUT2D eigenvalue weighted by Gasteiger charge is 2.20. The first-order valence-corrected chi connectivity index (χ1v) is 16.7. The summed E-state index contributed by atoms with van der Waals surface area (Å²) in [7, 11) is 0. The van der Waals surface area contributed by atoms with Gasteiger partial charge >= 0.3 is 0 Å². The molecule has 3 nitrogen and oxygen atoms in total. The summed E-state index contributed by atoms with van der Waals surface area (Å²) in [6, 6.07) is 55.3. The van der Waals surface area contributed by atoms with E-state index in [4.69, 9.17) is 11.3 Å². The third-order valence-electron chi connectivity index (χ3n) is 9.86. The van der Waals surface area contributed by atoms with Gasteiger partial charge in [0.1, 0.15) is 17.0 Å². The Morgan fingerprint density at radius 2 is 1.16 bits per heavy atom. The van der Waals surface area contributed by atoms with Gasteiger partial charge in [0, 0.05) is 29.7 Å². The Morgan fingerprint density at radius 3 is 1.94 bits per heavy atom. The number of aromatic nitrogens is 2. The number of furan rings is 1. The van der Waals surface area contributed by atoms with Crippen molar-refractivity contribution in [3.63, 3.8) is 0 Å². The zero-order valence-electron chi connectivity index (χ0n) is 31.9. The van der Waals surface area contributed by atoms with Gasteiger partial charge in [-0.25, -0.2) is 4.98 Å². The Morgan fingerprint density at radius 1 is 0.560 bits per heavy atom. The Labute approximate surface area is 296 Å². The second kappa shape index (κ2) is 11.3. The minimum absolute atomic E-state index is 0.156. The highest BCUT2D eigenvalue weighted by atomic mass is 16.3. The van der Waals surface area contributed by atoms with Crippen molar-refractivity contribution in [3.8, 4) is 39.1 Å². The Balaban J connectivity index is 1.17. The van der Waals surface area contributed by atoms with Crippen LogP contribution in [0.3, 0.4) is 0 Å². The first kappa shape index (κ1) is 23.8. The molecule has 0 bridgehead atoms. The van der Waals surface area contributed by atoms with Crippen LogP contribution in [0.15, 0.2) is 168 Å². The molecule has 0 aliphatic carbocycles. The van der Waals surface area contributed by atoms with Gasteiger partial charge in [0.15, 0.2) is 0 Å². The first-order chi connectivity index (χ1) is 26.7. The van der Waals surface area contributed by atoms with E-state index in [2.05, 4.69) is 102 Å². The third-order valence-corrected chi connectivity index (χ3v) is 9.86. The lowest BCUT2D eigenvalue weighted by atomic mass is 9.84. The van der Waals surface area contributed by atoms with Gasteiger partial charge in [-0.15, -0.1) is 0 Å². The van der Waals surface area contributed by atoms with Crippen LogP contribution < -0.4 is 0 Å². The smallest absolute Gasteiger partial charge is 0.136 e. The van der Waals surface area contributed by atoms with Gasteiger partial charge in [-0.2, -0.15) is 0 Å². The molecule has 0 spiro atoms. The predicted molar refractivity (Wildman–Crippen MR) is 209 cm³/mol. The van der Waals surface area contributed by atoms with E-state index in [9.17, 15) is 0 Å². The summed E-state index contributed by atoms with van der Waals surface area (Å²) in [6.45, 7) is -2.92. The second-order valence-corrected chi connectivity index (χ2v) is 12.6. The maximum atomic E-state index is 8.67. The quantitative estimate of drug-likeness (QED) is 0.174. The molecule has 50 heavy (non-hydrogen) atoms. The van der Waals surface area contributed by atoms with E-state index < -0.39 is 13.2 Å². The molecule has 0 fully saturated rings. The molecule has 0 atom stereocenters. The number of aryl methyl sites for hydroxylation is 1. The topological polar surface area (TPSA) is 31.0 Å². The molecule has 8 aromatic carbocycles. The van der Waals surface area contributed by atoms with Crippen LogP contribution in [0.4, 0.5) is 0 Å². The summed E-state index contributed by atoms with van der Waals surface area (Å²) in [5.74, 6) is -0.156. The van der Waals surface area contributed by atoms with E-state index >= 15 is 0 Å². The summed E-state index contributed by atoms with van der Waals surface area (Å²) in [5, 5.41) is 6.74. The van der Waals surface area contributed by atoms with E-state index in [1.54, 1.807) is 10.6 Å². The molecule has 0 unspecified atom stereocenters. The summed E-state index contributed by atoms with van der Waals surface area (Å²) in [6.07, 6.45) is -2.69. The van der Waals surface area contributed by atoms with E-state index in [0.717, 1.165) is 76.9 Å². The Kier molecular flexibility index (Phi) is 5.39. The van der Waals surface area contributed by atoms with Crippen molar-refractivity contribution in [2.45, 2.75) is 13.2 Å². The summed E-state index contributed by atoms with van der Waals surface area (Å²) >= 11 is 0. The molecule has 0 saturated heterocycles. The molecule has 0 radical (unpaired) electrons. The van der Waals surface area contributed by atoms with Crippen molar-refractivity contribution in [2.75, 3.05) is 0 Å². The number of fused-ring (bicyclic) bond motifs is 6. The van der Waals surface area contributed by atoms with E-state index in [-0.39, 0.29) is 5.82 Å². The second-order valence-electron chi connectivity index (χ2n) is 12.6. The van der Waals surface area contributed by atoms with Gasteiger partial charge in [0.2, 0.25) is 0 Å². The summed E-state index contributed by atoms with van der Waals surface area (Å²) in [4.78, 5) is 4.52. The van der Waals surface area contributed by atoms with Crippen LogP contribution in [0.25, 0.3) is 93.6 Å². The fourth-order valence-corrected chi connectivity index (χ4v) is 7.76. The number of hydrogen-bond donors (Lipinski definition) is 0. The molecular formula is C47H32N2O. The molecule has 0 saturated carbocycles. The van der Waals surface area contributed by atoms with Crippen molar-refractivity contribution in [3.05, 3.63) is 170 Å². The molecule has 10 rings (SSSR count). The largest absolute Gasteiger partial charge is 0.456 e. The van der Waals surface area contributed by atoms with Gasteiger partial charge in [-0.05, 0) is 97.4 Å². The monoisotopic (exact) mass is 645 g/mol. The number of nitrogens with zero attached hydrogens (tertiary/aromatic N) is 2. The van der Waals surface area contributed by atoms with Crippen molar-refractivity contribution in [1.82, 2.24) is 9.55 Å². The molecule has 2 heterocycles. The highest BCUT2D eigenvalue weighted by molar-refractivity contribution is 6.25. The SMILES string of the molecule is [2H]C([2H])([2H])C([2H])([2H])c1nc2ccccc2n1-c1cccc(-c2cccc(-c3c4ccccc4c(-c4cccc5oc6ccccc6c45)c4ccccc34)c2)c1. The molecule has 0 N–H and O–H groups in total. The summed E-state index contributed by atoms with van der Waals surface area (Å²) < 4.78 is 49.4. The van der Waals surface area contributed by atoms with E-state index in [0.29, 0.717) is 16.7 Å². The third kappa shape index (κ3) is 4.33. The van der Waals surface area contributed by atoms with Gasteiger partial charge < -0.3 is 4.42 Å². The van der Waals surface area contributed by atoms with Gasteiger partial charge in [-0.3, -0.25) is 4.57 Å². The zero-order valence-corrected chi connectivity index (χ0v) is 26.9. The van der Waals surface area contributed by atoms with Crippen molar-refractivity contribution >= 4 is 54.5 Å². The molecule has 236 valence electrons. The maximum absolute atomic E-state index is 8.67. The maximum Gasteiger partial charge on any atom is 0.136 e. The van der Waals surface area contributed by atoms with Crippen molar-refractivity contribution in [1.29, 1.82) is 0 Å². The van der Waals surface area contributed by atoms with Crippen molar-refractivity contribution in [2.24, 2.45) is 0 Å². The molecule has 0 aliphatic rings. The first-order valence-electron chi connectivity index (χ1n) is 19.2. The summed E-state index contributed by atoms with van der Waals surface area (Å²) in [5.41, 5.74) is 9.86. The van der Waals surface area contributed by atoms with Crippen LogP contribution in [-0.2, 0) is 6.37 Å².